The Bertz CT molecular complexity index is 555. The van der Waals surface area contributed by atoms with Gasteiger partial charge in [-0.15, -0.1) is 10.2 Å². The highest BCUT2D eigenvalue weighted by atomic mass is 35.5. The van der Waals surface area contributed by atoms with Gasteiger partial charge in [0.2, 0.25) is 5.13 Å². The second-order valence-corrected chi connectivity index (χ2v) is 5.43. The lowest BCUT2D eigenvalue weighted by molar-refractivity contribution is 0.0953. The number of aromatic nitrogens is 2. The van der Waals surface area contributed by atoms with Crippen LogP contribution in [0.5, 0.6) is 0 Å². The van der Waals surface area contributed by atoms with E-state index in [1.165, 1.54) is 11.3 Å². The molecule has 0 fully saturated rings. The number of carbonyl (C=O) groups is 1. The Morgan fingerprint density at radius 2 is 2.05 bits per heavy atom. The number of nitrogens with zero attached hydrogens (tertiary/aromatic N) is 2. The summed E-state index contributed by atoms with van der Waals surface area (Å²) in [5.41, 5.74) is 6.09. The Morgan fingerprint density at radius 1 is 1.32 bits per heavy atom. The molecular formula is C12H13ClN4OS. The maximum Gasteiger partial charge on any atom is 0.251 e. The molecule has 0 bridgehead atoms. The van der Waals surface area contributed by atoms with E-state index in [2.05, 4.69) is 15.5 Å². The molecule has 0 atom stereocenters. The first kappa shape index (κ1) is 13.8. The third-order valence-corrected chi connectivity index (χ3v) is 3.51. The molecule has 1 aromatic carbocycles. The van der Waals surface area contributed by atoms with Crippen LogP contribution in [0.1, 0.15) is 21.8 Å². The number of aryl methyl sites for hydroxylation is 1. The zero-order valence-electron chi connectivity index (χ0n) is 10.1. The van der Waals surface area contributed by atoms with Crippen molar-refractivity contribution in [3.8, 4) is 0 Å². The average molecular weight is 297 g/mol. The van der Waals surface area contributed by atoms with E-state index in [0.29, 0.717) is 22.3 Å². The van der Waals surface area contributed by atoms with Gasteiger partial charge in [-0.2, -0.15) is 0 Å². The van der Waals surface area contributed by atoms with Crippen molar-refractivity contribution in [2.75, 3.05) is 12.3 Å². The molecule has 19 heavy (non-hydrogen) atoms. The number of hydrogen-bond acceptors (Lipinski definition) is 5. The molecule has 2 aromatic rings. The number of anilines is 1. The highest BCUT2D eigenvalue weighted by Gasteiger charge is 2.05. The molecule has 2 rings (SSSR count). The molecule has 0 unspecified atom stereocenters. The van der Waals surface area contributed by atoms with Gasteiger partial charge in [0, 0.05) is 23.6 Å². The minimum absolute atomic E-state index is 0.103. The molecule has 7 heteroatoms. The van der Waals surface area contributed by atoms with E-state index in [0.717, 1.165) is 17.8 Å². The van der Waals surface area contributed by atoms with Gasteiger partial charge in [0.1, 0.15) is 5.01 Å². The van der Waals surface area contributed by atoms with Crippen LogP contribution in [0.25, 0.3) is 0 Å². The van der Waals surface area contributed by atoms with Crippen LogP contribution < -0.4 is 11.1 Å². The lowest BCUT2D eigenvalue weighted by Crippen LogP contribution is -2.24. The number of hydrogen-bond donors (Lipinski definition) is 2. The number of benzene rings is 1. The second kappa shape index (κ2) is 6.49. The van der Waals surface area contributed by atoms with Gasteiger partial charge in [0.25, 0.3) is 5.91 Å². The van der Waals surface area contributed by atoms with Crippen LogP contribution in [0, 0.1) is 0 Å². The van der Waals surface area contributed by atoms with Crippen molar-refractivity contribution in [3.05, 3.63) is 39.9 Å². The van der Waals surface area contributed by atoms with Crippen molar-refractivity contribution in [2.24, 2.45) is 0 Å². The van der Waals surface area contributed by atoms with Crippen LogP contribution in [-0.2, 0) is 6.42 Å². The molecule has 0 aliphatic rings. The summed E-state index contributed by atoms with van der Waals surface area (Å²) >= 11 is 7.13. The van der Waals surface area contributed by atoms with Crippen LogP contribution in [-0.4, -0.2) is 22.6 Å². The van der Waals surface area contributed by atoms with Gasteiger partial charge < -0.3 is 11.1 Å². The van der Waals surface area contributed by atoms with Crippen LogP contribution in [0.4, 0.5) is 5.13 Å². The summed E-state index contributed by atoms with van der Waals surface area (Å²) in [6, 6.07) is 6.78. The predicted octanol–water partition coefficient (Wildman–Crippen LogP) is 2.14. The average Bonchev–Trinajstić information content (AvgIpc) is 2.81. The summed E-state index contributed by atoms with van der Waals surface area (Å²) in [7, 11) is 0. The van der Waals surface area contributed by atoms with Crippen LogP contribution in [0.15, 0.2) is 24.3 Å². The van der Waals surface area contributed by atoms with Crippen molar-refractivity contribution in [1.29, 1.82) is 0 Å². The molecule has 0 radical (unpaired) electrons. The van der Waals surface area contributed by atoms with Gasteiger partial charge in [-0.05, 0) is 30.7 Å². The first-order valence-corrected chi connectivity index (χ1v) is 6.96. The number of rotatable bonds is 5. The molecule has 100 valence electrons. The summed E-state index contributed by atoms with van der Waals surface area (Å²) in [6.07, 6.45) is 1.56. The summed E-state index contributed by atoms with van der Waals surface area (Å²) in [6.45, 7) is 0.584. The molecule has 0 aliphatic carbocycles. The van der Waals surface area contributed by atoms with E-state index < -0.39 is 0 Å². The normalized spacial score (nSPS) is 10.4. The zero-order valence-corrected chi connectivity index (χ0v) is 11.7. The smallest absolute Gasteiger partial charge is 0.251 e. The molecule has 3 N–H and O–H groups in total. The predicted molar refractivity (Wildman–Crippen MR) is 76.4 cm³/mol. The minimum Gasteiger partial charge on any atom is -0.374 e. The largest absolute Gasteiger partial charge is 0.374 e. The second-order valence-electron chi connectivity index (χ2n) is 3.90. The summed E-state index contributed by atoms with van der Waals surface area (Å²) in [5.74, 6) is -0.103. The molecular weight excluding hydrogens is 284 g/mol. The number of halogens is 1. The topological polar surface area (TPSA) is 80.9 Å². The van der Waals surface area contributed by atoms with E-state index in [4.69, 9.17) is 17.3 Å². The Labute approximate surface area is 119 Å². The number of amides is 1. The van der Waals surface area contributed by atoms with Crippen molar-refractivity contribution < 1.29 is 4.79 Å². The molecule has 1 aromatic heterocycles. The van der Waals surface area contributed by atoms with Gasteiger partial charge >= 0.3 is 0 Å². The third kappa shape index (κ3) is 4.18. The Balaban J connectivity index is 1.73. The standard InChI is InChI=1S/C12H13ClN4OS/c13-9-5-3-8(4-6-9)11(18)15-7-1-2-10-16-17-12(14)19-10/h3-6H,1-2,7H2,(H2,14,17)(H,15,18). The van der Waals surface area contributed by atoms with Crippen molar-refractivity contribution >= 4 is 34.0 Å². The van der Waals surface area contributed by atoms with Crippen molar-refractivity contribution in [2.45, 2.75) is 12.8 Å². The molecule has 0 aliphatic heterocycles. The Kier molecular flexibility index (Phi) is 4.70. The zero-order chi connectivity index (χ0) is 13.7. The summed E-state index contributed by atoms with van der Waals surface area (Å²) < 4.78 is 0. The molecule has 0 saturated carbocycles. The van der Waals surface area contributed by atoms with Gasteiger partial charge in [-0.25, -0.2) is 0 Å². The lowest BCUT2D eigenvalue weighted by Gasteiger charge is -2.04. The maximum atomic E-state index is 11.8. The van der Waals surface area contributed by atoms with Crippen molar-refractivity contribution in [1.82, 2.24) is 15.5 Å². The van der Waals surface area contributed by atoms with E-state index >= 15 is 0 Å². The van der Waals surface area contributed by atoms with Crippen LogP contribution in [0.2, 0.25) is 5.02 Å². The molecule has 0 spiro atoms. The summed E-state index contributed by atoms with van der Waals surface area (Å²) in [4.78, 5) is 11.8. The maximum absolute atomic E-state index is 11.8. The van der Waals surface area contributed by atoms with E-state index in [1.54, 1.807) is 24.3 Å². The molecule has 1 amide bonds. The fourth-order valence-electron chi connectivity index (χ4n) is 1.51. The highest BCUT2D eigenvalue weighted by Crippen LogP contribution is 2.12. The minimum atomic E-state index is -0.103. The molecule has 0 saturated heterocycles. The fraction of sp³-hybridized carbons (Fsp3) is 0.250. The monoisotopic (exact) mass is 296 g/mol. The first-order chi connectivity index (χ1) is 9.15. The number of nitrogens with two attached hydrogens (primary N) is 1. The SMILES string of the molecule is Nc1nnc(CCCNC(=O)c2ccc(Cl)cc2)s1. The van der Waals surface area contributed by atoms with E-state index in [-0.39, 0.29) is 5.91 Å². The Morgan fingerprint density at radius 3 is 2.68 bits per heavy atom. The first-order valence-electron chi connectivity index (χ1n) is 5.77. The number of nitrogen functional groups attached to an aromatic ring is 1. The van der Waals surface area contributed by atoms with Crippen LogP contribution >= 0.6 is 22.9 Å². The number of carbonyl (C=O) groups excluding carboxylic acids is 1. The van der Waals surface area contributed by atoms with E-state index in [1.807, 2.05) is 0 Å². The third-order valence-electron chi connectivity index (χ3n) is 2.44. The Hall–Kier alpha value is -1.66. The summed E-state index contributed by atoms with van der Waals surface area (Å²) in [5, 5.41) is 12.5. The molecule has 1 heterocycles. The number of nitrogens with one attached hydrogen (secondary N) is 1. The fourth-order valence-corrected chi connectivity index (χ4v) is 2.29. The quantitative estimate of drug-likeness (QED) is 0.828. The highest BCUT2D eigenvalue weighted by molar-refractivity contribution is 7.15. The van der Waals surface area contributed by atoms with E-state index in [9.17, 15) is 4.79 Å². The van der Waals surface area contributed by atoms with Crippen LogP contribution in [0.3, 0.4) is 0 Å². The molecule has 5 nitrogen and oxygen atoms in total. The van der Waals surface area contributed by atoms with Gasteiger partial charge in [-0.3, -0.25) is 4.79 Å². The lowest BCUT2D eigenvalue weighted by atomic mass is 10.2. The van der Waals surface area contributed by atoms with Crippen molar-refractivity contribution in [3.63, 3.8) is 0 Å². The van der Waals surface area contributed by atoms with Gasteiger partial charge in [-0.1, -0.05) is 22.9 Å². The van der Waals surface area contributed by atoms with Gasteiger partial charge in [0.05, 0.1) is 0 Å². The van der Waals surface area contributed by atoms with Gasteiger partial charge in [0.15, 0.2) is 0 Å².